The lowest BCUT2D eigenvalue weighted by Crippen LogP contribution is -2.41. The van der Waals surface area contributed by atoms with Gasteiger partial charge in [0.25, 0.3) is 0 Å². The summed E-state index contributed by atoms with van der Waals surface area (Å²) < 4.78 is 102. The molecule has 0 unspecified atom stereocenters. The number of alkyl halides is 5. The number of rotatable bonds is 7. The number of oxazole rings is 1. The molecule has 0 spiro atoms. The van der Waals surface area contributed by atoms with Gasteiger partial charge in [-0.05, 0) is 48.5 Å². The first-order chi connectivity index (χ1) is 19.2. The lowest BCUT2D eigenvalue weighted by Gasteiger charge is -2.19. The molecule has 0 saturated carbocycles. The average molecular weight is 616 g/mol. The van der Waals surface area contributed by atoms with Crippen molar-refractivity contribution in [1.82, 2.24) is 24.3 Å². The molecule has 0 fully saturated rings. The van der Waals surface area contributed by atoms with E-state index in [1.165, 1.54) is 23.9 Å². The van der Waals surface area contributed by atoms with E-state index in [1.54, 1.807) is 24.3 Å². The first-order valence-corrected chi connectivity index (χ1v) is 13.4. The molecule has 3 heterocycles. The minimum absolute atomic E-state index is 0.0982. The van der Waals surface area contributed by atoms with Crippen LogP contribution in [0.25, 0.3) is 34.2 Å². The molecular formula is C24H15ClF5N5O5S. The fourth-order valence-electron chi connectivity index (χ4n) is 3.63. The van der Waals surface area contributed by atoms with Crippen molar-refractivity contribution in [3.05, 3.63) is 76.4 Å². The van der Waals surface area contributed by atoms with Crippen molar-refractivity contribution in [2.45, 2.75) is 24.1 Å². The molecule has 5 rings (SSSR count). The molecule has 0 bridgehead atoms. The van der Waals surface area contributed by atoms with Crippen molar-refractivity contribution in [2.24, 2.45) is 0 Å². The topological polar surface area (TPSA) is 122 Å². The molecular weight excluding hydrogens is 601 g/mol. The monoisotopic (exact) mass is 615 g/mol. The maximum absolute atomic E-state index is 13.4. The predicted molar refractivity (Wildman–Crippen MR) is 134 cm³/mol. The van der Waals surface area contributed by atoms with E-state index in [0.29, 0.717) is 10.7 Å². The number of halogens is 6. The third-order valence-corrected chi connectivity index (χ3v) is 7.70. The highest BCUT2D eigenvalue weighted by atomic mass is 35.5. The van der Waals surface area contributed by atoms with Crippen LogP contribution in [0.15, 0.2) is 75.0 Å². The van der Waals surface area contributed by atoms with Crippen molar-refractivity contribution in [1.29, 1.82) is 0 Å². The molecule has 0 atom stereocenters. The molecule has 0 aliphatic heterocycles. The van der Waals surface area contributed by atoms with Crippen LogP contribution in [0, 0.1) is 0 Å². The summed E-state index contributed by atoms with van der Waals surface area (Å²) in [7, 11) is -3.95. The molecule has 2 aromatic carbocycles. The Bertz CT molecular complexity index is 1940. The maximum atomic E-state index is 13.4. The van der Waals surface area contributed by atoms with Crippen LogP contribution in [0.3, 0.4) is 0 Å². The van der Waals surface area contributed by atoms with Gasteiger partial charge in [-0.2, -0.15) is 31.7 Å². The lowest BCUT2D eigenvalue weighted by atomic mass is 10.3. The molecule has 0 N–H and O–H groups in total. The van der Waals surface area contributed by atoms with Crippen LogP contribution in [0.2, 0.25) is 5.02 Å². The number of ether oxygens (including phenoxy) is 1. The highest BCUT2D eigenvalue weighted by Gasteiger charge is 2.61. The van der Waals surface area contributed by atoms with E-state index < -0.39 is 39.5 Å². The van der Waals surface area contributed by atoms with Crippen molar-refractivity contribution in [3.63, 3.8) is 0 Å². The summed E-state index contributed by atoms with van der Waals surface area (Å²) in [5.41, 5.74) is -0.909. The Hall–Kier alpha value is -4.31. The molecule has 0 aliphatic rings. The van der Waals surface area contributed by atoms with Gasteiger partial charge < -0.3 is 9.15 Å². The quantitative estimate of drug-likeness (QED) is 0.229. The van der Waals surface area contributed by atoms with Gasteiger partial charge in [0.1, 0.15) is 23.3 Å². The summed E-state index contributed by atoms with van der Waals surface area (Å²) in [5.74, 6) is -1.76. The van der Waals surface area contributed by atoms with Gasteiger partial charge in [0.2, 0.25) is 5.89 Å². The summed E-state index contributed by atoms with van der Waals surface area (Å²) in [6, 6.07) is 11.3. The largest absolute Gasteiger partial charge is 0.499 e. The van der Waals surface area contributed by atoms with Gasteiger partial charge in [-0.1, -0.05) is 18.5 Å². The van der Waals surface area contributed by atoms with Crippen molar-refractivity contribution in [3.8, 4) is 28.8 Å². The molecule has 0 saturated heterocycles. The second-order valence-electron chi connectivity index (χ2n) is 8.36. The van der Waals surface area contributed by atoms with Crippen LogP contribution >= 0.6 is 11.6 Å². The second kappa shape index (κ2) is 9.95. The Morgan fingerprint density at radius 1 is 1.00 bits per heavy atom. The molecule has 17 heteroatoms. The number of aromatic nitrogens is 5. The Morgan fingerprint density at radius 3 is 2.37 bits per heavy atom. The number of hydrogen-bond donors (Lipinski definition) is 0. The molecule has 0 aliphatic carbocycles. The van der Waals surface area contributed by atoms with E-state index in [9.17, 15) is 35.2 Å². The van der Waals surface area contributed by atoms with Gasteiger partial charge in [0.05, 0.1) is 16.3 Å². The van der Waals surface area contributed by atoms with Crippen LogP contribution in [0.4, 0.5) is 22.0 Å². The number of sulfone groups is 1. The number of pyridine rings is 1. The van der Waals surface area contributed by atoms with E-state index >= 15 is 0 Å². The highest BCUT2D eigenvalue weighted by Crippen LogP contribution is 2.38. The second-order valence-corrected chi connectivity index (χ2v) is 11.0. The maximum Gasteiger partial charge on any atom is 0.499 e. The van der Waals surface area contributed by atoms with E-state index in [2.05, 4.69) is 19.8 Å². The average Bonchev–Trinajstić information content (AvgIpc) is 3.51. The van der Waals surface area contributed by atoms with Gasteiger partial charge in [-0.15, -0.1) is 0 Å². The fraction of sp³-hybridized carbons (Fsp3) is 0.167. The predicted octanol–water partition coefficient (Wildman–Crippen LogP) is 5.21. The molecule has 41 heavy (non-hydrogen) atoms. The van der Waals surface area contributed by atoms with Gasteiger partial charge >= 0.3 is 18.0 Å². The zero-order valence-electron chi connectivity index (χ0n) is 20.4. The highest BCUT2D eigenvalue weighted by molar-refractivity contribution is 7.91. The molecule has 10 nitrogen and oxygen atoms in total. The van der Waals surface area contributed by atoms with Gasteiger partial charge in [0, 0.05) is 11.1 Å². The number of nitrogens with zero attached hydrogens (tertiary/aromatic N) is 5. The Labute approximate surface area is 231 Å². The fourth-order valence-corrected chi connectivity index (χ4v) is 4.77. The minimum Gasteiger partial charge on any atom is -0.435 e. The summed E-state index contributed by atoms with van der Waals surface area (Å²) in [4.78, 5) is 21.0. The third kappa shape index (κ3) is 5.27. The van der Waals surface area contributed by atoms with Crippen LogP contribution in [0.5, 0.6) is 5.75 Å². The zero-order chi connectivity index (χ0) is 29.7. The van der Waals surface area contributed by atoms with Gasteiger partial charge in [-0.25, -0.2) is 27.7 Å². The van der Waals surface area contributed by atoms with Crippen LogP contribution in [-0.4, -0.2) is 50.8 Å². The van der Waals surface area contributed by atoms with Crippen molar-refractivity contribution >= 4 is 32.5 Å². The normalized spacial score (nSPS) is 12.7. The van der Waals surface area contributed by atoms with E-state index in [-0.39, 0.29) is 33.3 Å². The summed E-state index contributed by atoms with van der Waals surface area (Å²) in [5, 5.41) is 4.48. The Kier molecular flexibility index (Phi) is 6.85. The standard InChI is InChI=1S/C24H15ClF5N5O5S/c1-2-41(37,38)18-9-10-19(35-22(36)34(12-31-35)14-5-3-13(25)4-6-14)33-20(18)21-32-16-11-15(7-8-17(16)39-21)40-24(29,30)23(26,27)28/h3-12H,2H2,1H3. The Morgan fingerprint density at radius 2 is 1.71 bits per heavy atom. The van der Waals surface area contributed by atoms with Gasteiger partial charge in [0.15, 0.2) is 21.2 Å². The number of fused-ring (bicyclic) bond motifs is 1. The van der Waals surface area contributed by atoms with E-state index in [4.69, 9.17) is 16.0 Å². The number of benzene rings is 2. The van der Waals surface area contributed by atoms with E-state index in [0.717, 1.165) is 28.9 Å². The smallest absolute Gasteiger partial charge is 0.435 e. The summed E-state index contributed by atoms with van der Waals surface area (Å²) >= 11 is 5.90. The molecule has 214 valence electrons. The van der Waals surface area contributed by atoms with Crippen molar-refractivity contribution < 1.29 is 39.5 Å². The SMILES string of the molecule is CCS(=O)(=O)c1ccc(-n2ncn(-c3ccc(Cl)cc3)c2=O)nc1-c1nc2cc(OC(F)(F)C(F)(F)F)ccc2o1. The number of hydrogen-bond acceptors (Lipinski definition) is 8. The molecule has 5 aromatic rings. The Balaban J connectivity index is 1.61. The summed E-state index contributed by atoms with van der Waals surface area (Å²) in [6.07, 6.45) is -10.2. The van der Waals surface area contributed by atoms with Crippen LogP contribution in [-0.2, 0) is 9.84 Å². The van der Waals surface area contributed by atoms with Crippen LogP contribution < -0.4 is 10.4 Å². The molecule has 0 amide bonds. The first kappa shape index (κ1) is 28.2. The lowest BCUT2D eigenvalue weighted by molar-refractivity contribution is -0.360. The third-order valence-electron chi connectivity index (χ3n) is 5.69. The first-order valence-electron chi connectivity index (χ1n) is 11.4. The van der Waals surface area contributed by atoms with Gasteiger partial charge in [-0.3, -0.25) is 0 Å². The minimum atomic E-state index is -5.97. The summed E-state index contributed by atoms with van der Waals surface area (Å²) in [6.45, 7) is 1.38. The van der Waals surface area contributed by atoms with E-state index in [1.807, 2.05) is 0 Å². The molecule has 0 radical (unpaired) electrons. The zero-order valence-corrected chi connectivity index (χ0v) is 22.0. The molecule has 3 aromatic heterocycles. The van der Waals surface area contributed by atoms with Crippen LogP contribution in [0.1, 0.15) is 6.92 Å². The van der Waals surface area contributed by atoms with Crippen molar-refractivity contribution in [2.75, 3.05) is 5.75 Å².